The third-order valence-corrected chi connectivity index (χ3v) is 4.66. The number of hydrogen-bond acceptors (Lipinski definition) is 4. The van der Waals surface area contributed by atoms with Crippen molar-refractivity contribution in [2.45, 2.75) is 38.6 Å². The number of nitrogens with zero attached hydrogens (tertiary/aromatic N) is 1. The van der Waals surface area contributed by atoms with Crippen LogP contribution in [0.25, 0.3) is 0 Å². The number of ether oxygens (including phenoxy) is 1. The highest BCUT2D eigenvalue weighted by atomic mass is 35.5. The van der Waals surface area contributed by atoms with E-state index in [1.165, 1.54) is 20.0 Å². The van der Waals surface area contributed by atoms with Gasteiger partial charge in [0.05, 0.1) is 23.4 Å². The Hall–Kier alpha value is -1.42. The molecule has 1 aromatic carbocycles. The molecule has 21 heavy (non-hydrogen) atoms. The zero-order chi connectivity index (χ0) is 15.6. The van der Waals surface area contributed by atoms with Crippen LogP contribution in [0.1, 0.15) is 43.0 Å². The van der Waals surface area contributed by atoms with Crippen molar-refractivity contribution in [2.75, 3.05) is 24.8 Å². The second kappa shape index (κ2) is 6.56. The summed E-state index contributed by atoms with van der Waals surface area (Å²) in [5.74, 6) is 0.367. The molecule has 1 saturated carbocycles. The lowest BCUT2D eigenvalue weighted by molar-refractivity contribution is 0.0601. The fourth-order valence-corrected chi connectivity index (χ4v) is 3.42. The molecule has 116 valence electrons. The molecule has 0 bridgehead atoms. The van der Waals surface area contributed by atoms with Gasteiger partial charge in [0.2, 0.25) is 0 Å². The first-order chi connectivity index (χ1) is 9.93. The van der Waals surface area contributed by atoms with E-state index in [4.69, 9.17) is 22.1 Å². The molecule has 1 aliphatic carbocycles. The predicted molar refractivity (Wildman–Crippen MR) is 87.0 cm³/mol. The number of nitrogen functional groups attached to an aromatic ring is 1. The summed E-state index contributed by atoms with van der Waals surface area (Å²) in [4.78, 5) is 14.1. The Labute approximate surface area is 131 Å². The van der Waals surface area contributed by atoms with Gasteiger partial charge in [-0.1, -0.05) is 18.5 Å². The highest BCUT2D eigenvalue weighted by Gasteiger charge is 2.27. The van der Waals surface area contributed by atoms with Crippen LogP contribution in [-0.4, -0.2) is 26.2 Å². The number of esters is 1. The molecule has 0 atom stereocenters. The highest BCUT2D eigenvalue weighted by Crippen LogP contribution is 2.37. The van der Waals surface area contributed by atoms with Crippen molar-refractivity contribution >= 4 is 28.9 Å². The molecular weight excluding hydrogens is 288 g/mol. The Balaban J connectivity index is 2.35. The largest absolute Gasteiger partial charge is 0.465 e. The Morgan fingerprint density at radius 1 is 1.33 bits per heavy atom. The Bertz CT molecular complexity index is 525. The summed E-state index contributed by atoms with van der Waals surface area (Å²) in [5.41, 5.74) is 7.43. The SMILES string of the molecule is COC(=O)c1cc(N)cc(Cl)c1N(C)C1CCC(C)CC1. The fraction of sp³-hybridized carbons (Fsp3) is 0.562. The predicted octanol–water partition coefficient (Wildman–Crippen LogP) is 3.72. The minimum atomic E-state index is -0.407. The summed E-state index contributed by atoms with van der Waals surface area (Å²) in [7, 11) is 3.36. The fourth-order valence-electron chi connectivity index (χ4n) is 3.06. The first kappa shape index (κ1) is 16.0. The second-order valence-corrected chi connectivity index (χ2v) is 6.32. The van der Waals surface area contributed by atoms with E-state index in [-0.39, 0.29) is 0 Å². The lowest BCUT2D eigenvalue weighted by Crippen LogP contribution is -2.36. The van der Waals surface area contributed by atoms with E-state index in [0.29, 0.717) is 22.3 Å². The van der Waals surface area contributed by atoms with Crippen molar-refractivity contribution in [3.8, 4) is 0 Å². The molecule has 1 aromatic rings. The number of halogens is 1. The van der Waals surface area contributed by atoms with E-state index in [1.807, 2.05) is 7.05 Å². The zero-order valence-electron chi connectivity index (χ0n) is 12.9. The standard InChI is InChI=1S/C16H23ClN2O2/c1-10-4-6-12(7-5-10)19(2)15-13(16(20)21-3)8-11(18)9-14(15)17/h8-10,12H,4-7,18H2,1-3H3. The van der Waals surface area contributed by atoms with Crippen LogP contribution in [0, 0.1) is 5.92 Å². The number of methoxy groups -OCH3 is 1. The summed E-state index contributed by atoms with van der Waals surface area (Å²) in [6.07, 6.45) is 4.63. The van der Waals surface area contributed by atoms with Gasteiger partial charge >= 0.3 is 5.97 Å². The normalized spacial score (nSPS) is 21.9. The van der Waals surface area contributed by atoms with Crippen LogP contribution < -0.4 is 10.6 Å². The third kappa shape index (κ3) is 3.43. The molecular formula is C16H23ClN2O2. The molecule has 0 aromatic heterocycles. The minimum absolute atomic E-state index is 0.394. The summed E-state index contributed by atoms with van der Waals surface area (Å²) in [5, 5.41) is 0.497. The van der Waals surface area contributed by atoms with Crippen molar-refractivity contribution < 1.29 is 9.53 Å². The molecule has 2 N–H and O–H groups in total. The first-order valence-corrected chi connectivity index (χ1v) is 7.72. The van der Waals surface area contributed by atoms with Gasteiger partial charge in [0.25, 0.3) is 0 Å². The molecule has 0 aliphatic heterocycles. The Morgan fingerprint density at radius 2 is 1.95 bits per heavy atom. The van der Waals surface area contributed by atoms with Crippen LogP contribution in [0.3, 0.4) is 0 Å². The molecule has 1 aliphatic rings. The maximum Gasteiger partial charge on any atom is 0.340 e. The summed E-state index contributed by atoms with van der Waals surface area (Å²) in [6.45, 7) is 2.28. The number of hydrogen-bond donors (Lipinski definition) is 1. The lowest BCUT2D eigenvalue weighted by atomic mass is 9.86. The van der Waals surface area contributed by atoms with Crippen LogP contribution in [0.15, 0.2) is 12.1 Å². The third-order valence-electron chi connectivity index (χ3n) is 4.38. The molecule has 0 heterocycles. The highest BCUT2D eigenvalue weighted by molar-refractivity contribution is 6.34. The van der Waals surface area contributed by atoms with Crippen LogP contribution >= 0.6 is 11.6 Å². The molecule has 5 heteroatoms. The second-order valence-electron chi connectivity index (χ2n) is 5.92. The van der Waals surface area contributed by atoms with Gasteiger partial charge in [0.1, 0.15) is 0 Å². The monoisotopic (exact) mass is 310 g/mol. The van der Waals surface area contributed by atoms with Gasteiger partial charge in [0, 0.05) is 18.8 Å². The van der Waals surface area contributed by atoms with Gasteiger partial charge < -0.3 is 15.4 Å². The molecule has 0 radical (unpaired) electrons. The number of anilines is 2. The maximum absolute atomic E-state index is 12.0. The number of benzene rings is 1. The van der Waals surface area contributed by atoms with Crippen LogP contribution in [-0.2, 0) is 4.74 Å². The van der Waals surface area contributed by atoms with E-state index in [1.54, 1.807) is 12.1 Å². The van der Waals surface area contributed by atoms with E-state index in [9.17, 15) is 4.79 Å². The number of carbonyl (C=O) groups excluding carboxylic acids is 1. The average molecular weight is 311 g/mol. The van der Waals surface area contributed by atoms with Crippen molar-refractivity contribution in [1.29, 1.82) is 0 Å². The Morgan fingerprint density at radius 3 is 2.52 bits per heavy atom. The quantitative estimate of drug-likeness (QED) is 0.683. The molecule has 0 amide bonds. The van der Waals surface area contributed by atoms with Crippen LogP contribution in [0.4, 0.5) is 11.4 Å². The van der Waals surface area contributed by atoms with Gasteiger partial charge in [-0.15, -0.1) is 0 Å². The van der Waals surface area contributed by atoms with Crippen molar-refractivity contribution in [3.63, 3.8) is 0 Å². The van der Waals surface area contributed by atoms with E-state index < -0.39 is 5.97 Å². The van der Waals surface area contributed by atoms with Gasteiger partial charge in [-0.2, -0.15) is 0 Å². The molecule has 2 rings (SSSR count). The van der Waals surface area contributed by atoms with Gasteiger partial charge in [-0.3, -0.25) is 0 Å². The van der Waals surface area contributed by atoms with Crippen LogP contribution in [0.5, 0.6) is 0 Å². The van der Waals surface area contributed by atoms with E-state index >= 15 is 0 Å². The number of rotatable bonds is 3. The van der Waals surface area contributed by atoms with Crippen molar-refractivity contribution in [1.82, 2.24) is 0 Å². The number of nitrogens with two attached hydrogens (primary N) is 1. The lowest BCUT2D eigenvalue weighted by Gasteiger charge is -2.36. The van der Waals surface area contributed by atoms with Gasteiger partial charge in [-0.25, -0.2) is 4.79 Å². The summed E-state index contributed by atoms with van der Waals surface area (Å²) in [6, 6.07) is 3.71. The molecule has 0 spiro atoms. The van der Waals surface area contributed by atoms with Gasteiger partial charge in [-0.05, 0) is 43.7 Å². The van der Waals surface area contributed by atoms with Crippen molar-refractivity contribution in [3.05, 3.63) is 22.7 Å². The van der Waals surface area contributed by atoms with Gasteiger partial charge in [0.15, 0.2) is 0 Å². The molecule has 4 nitrogen and oxygen atoms in total. The molecule has 1 fully saturated rings. The topological polar surface area (TPSA) is 55.6 Å². The van der Waals surface area contributed by atoms with Crippen molar-refractivity contribution in [2.24, 2.45) is 5.92 Å². The first-order valence-electron chi connectivity index (χ1n) is 7.34. The smallest absolute Gasteiger partial charge is 0.340 e. The Kier molecular flexibility index (Phi) is 4.99. The average Bonchev–Trinajstić information content (AvgIpc) is 2.45. The maximum atomic E-state index is 12.0. The molecule has 0 unspecified atom stereocenters. The van der Waals surface area contributed by atoms with E-state index in [0.717, 1.165) is 24.4 Å². The van der Waals surface area contributed by atoms with E-state index in [2.05, 4.69) is 11.8 Å². The van der Waals surface area contributed by atoms with Crippen LogP contribution in [0.2, 0.25) is 5.02 Å². The summed E-state index contributed by atoms with van der Waals surface area (Å²) < 4.78 is 4.86. The number of carbonyl (C=O) groups is 1. The minimum Gasteiger partial charge on any atom is -0.465 e. The zero-order valence-corrected chi connectivity index (χ0v) is 13.6. The summed E-state index contributed by atoms with van der Waals surface area (Å²) >= 11 is 6.35. The molecule has 0 saturated heterocycles.